The Balaban J connectivity index is 2.23. The van der Waals surface area contributed by atoms with Gasteiger partial charge < -0.3 is 14.7 Å². The maximum atomic E-state index is 11.6. The van der Waals surface area contributed by atoms with Gasteiger partial charge >= 0.3 is 11.9 Å². The molecule has 0 aliphatic carbocycles. The Morgan fingerprint density at radius 1 is 0.962 bits per heavy atom. The molecule has 2 rings (SSSR count). The van der Waals surface area contributed by atoms with Crippen LogP contribution in [0.25, 0.3) is 0 Å². The van der Waals surface area contributed by atoms with Gasteiger partial charge in [-0.1, -0.05) is 0 Å². The smallest absolute Gasteiger partial charge is 0.338 e. The van der Waals surface area contributed by atoms with Crippen molar-refractivity contribution in [3.63, 3.8) is 0 Å². The number of aromatic carboxylic acids is 1. The Bertz CT molecular complexity index is 812. The lowest BCUT2D eigenvalue weighted by Gasteiger charge is -2.20. The highest BCUT2D eigenvalue weighted by atomic mass is 16.5. The van der Waals surface area contributed by atoms with Gasteiger partial charge in [-0.3, -0.25) is 0 Å². The summed E-state index contributed by atoms with van der Waals surface area (Å²) in [4.78, 5) is 25.2. The molecule has 0 aromatic heterocycles. The zero-order valence-corrected chi connectivity index (χ0v) is 15.0. The Hall–Kier alpha value is -3.22. The molecule has 0 aliphatic heterocycles. The van der Waals surface area contributed by atoms with Crippen molar-refractivity contribution in [2.45, 2.75) is 13.8 Å². The van der Waals surface area contributed by atoms with E-state index in [4.69, 9.17) is 0 Å². The van der Waals surface area contributed by atoms with E-state index in [9.17, 15) is 14.7 Å². The molecule has 7 nitrogen and oxygen atoms in total. The summed E-state index contributed by atoms with van der Waals surface area (Å²) in [5, 5.41) is 17.4. The Morgan fingerprint density at radius 2 is 1.54 bits per heavy atom. The molecule has 0 atom stereocenters. The monoisotopic (exact) mass is 355 g/mol. The van der Waals surface area contributed by atoms with Crippen molar-refractivity contribution in [3.05, 3.63) is 53.6 Å². The maximum Gasteiger partial charge on any atom is 0.338 e. The molecule has 136 valence electrons. The second-order valence-electron chi connectivity index (χ2n) is 5.42. The van der Waals surface area contributed by atoms with Gasteiger partial charge in [-0.15, -0.1) is 0 Å². The second kappa shape index (κ2) is 8.75. The Morgan fingerprint density at radius 3 is 2.08 bits per heavy atom. The summed E-state index contributed by atoms with van der Waals surface area (Å²) in [7, 11) is 1.20. The summed E-state index contributed by atoms with van der Waals surface area (Å²) in [6.45, 7) is 6.02. The zero-order chi connectivity index (χ0) is 19.1. The number of hydrogen-bond acceptors (Lipinski definition) is 6. The van der Waals surface area contributed by atoms with Crippen LogP contribution in [-0.2, 0) is 4.74 Å². The van der Waals surface area contributed by atoms with Gasteiger partial charge in [-0.05, 0) is 56.3 Å². The molecule has 0 heterocycles. The second-order valence-corrected chi connectivity index (χ2v) is 5.42. The quantitative estimate of drug-likeness (QED) is 0.586. The number of carboxylic acid groups (broad SMARTS) is 1. The summed E-state index contributed by atoms with van der Waals surface area (Å²) in [6, 6.07) is 11.8. The van der Waals surface area contributed by atoms with Crippen LogP contribution in [0.1, 0.15) is 34.6 Å². The first-order chi connectivity index (χ1) is 12.5. The summed E-state index contributed by atoms with van der Waals surface area (Å²) in [5.74, 6) is -1.94. The molecule has 0 fully saturated rings. The average Bonchev–Trinajstić information content (AvgIpc) is 2.67. The summed E-state index contributed by atoms with van der Waals surface area (Å²) in [6.07, 6.45) is 0. The Kier molecular flexibility index (Phi) is 6.43. The predicted molar refractivity (Wildman–Crippen MR) is 98.9 cm³/mol. The van der Waals surface area contributed by atoms with Gasteiger partial charge in [0, 0.05) is 18.8 Å². The molecule has 0 spiro atoms. The topological polar surface area (TPSA) is 91.6 Å². The van der Waals surface area contributed by atoms with E-state index in [1.54, 1.807) is 0 Å². The van der Waals surface area contributed by atoms with Crippen molar-refractivity contribution >= 4 is 29.0 Å². The van der Waals surface area contributed by atoms with Crippen LogP contribution in [0.4, 0.5) is 17.1 Å². The van der Waals surface area contributed by atoms with E-state index in [0.29, 0.717) is 11.4 Å². The molecular formula is C19H21N3O4. The van der Waals surface area contributed by atoms with Gasteiger partial charge in [-0.2, -0.15) is 10.2 Å². The van der Waals surface area contributed by atoms with E-state index in [1.807, 2.05) is 24.3 Å². The molecule has 1 N–H and O–H groups in total. The van der Waals surface area contributed by atoms with Gasteiger partial charge in [0.1, 0.15) is 0 Å². The first kappa shape index (κ1) is 19.1. The number of carbonyl (C=O) groups excluding carboxylic acids is 1. The average molecular weight is 355 g/mol. The molecule has 2 aromatic rings. The van der Waals surface area contributed by atoms with Crippen molar-refractivity contribution in [2.75, 3.05) is 25.1 Å². The van der Waals surface area contributed by atoms with Crippen molar-refractivity contribution in [1.29, 1.82) is 0 Å². The Labute approximate surface area is 151 Å². The molecule has 7 heteroatoms. The van der Waals surface area contributed by atoms with Gasteiger partial charge in [0.2, 0.25) is 0 Å². The largest absolute Gasteiger partial charge is 0.478 e. The number of anilines is 1. The third kappa shape index (κ3) is 4.44. The van der Waals surface area contributed by atoms with Crippen LogP contribution in [0.15, 0.2) is 52.7 Å². The number of methoxy groups -OCH3 is 1. The highest BCUT2D eigenvalue weighted by Gasteiger charge is 2.17. The van der Waals surface area contributed by atoms with Crippen LogP contribution in [0.5, 0.6) is 0 Å². The molecule has 2 aromatic carbocycles. The van der Waals surface area contributed by atoms with E-state index in [-0.39, 0.29) is 11.1 Å². The van der Waals surface area contributed by atoms with E-state index in [0.717, 1.165) is 18.8 Å². The molecule has 0 saturated heterocycles. The molecule has 0 unspecified atom stereocenters. The van der Waals surface area contributed by atoms with E-state index >= 15 is 0 Å². The van der Waals surface area contributed by atoms with Crippen molar-refractivity contribution in [3.8, 4) is 0 Å². The molecule has 0 aliphatic rings. The summed E-state index contributed by atoms with van der Waals surface area (Å²) in [5.41, 5.74) is 1.88. The number of carboxylic acids is 1. The first-order valence-corrected chi connectivity index (χ1v) is 8.22. The molecule has 0 amide bonds. The van der Waals surface area contributed by atoms with Crippen LogP contribution in [0.2, 0.25) is 0 Å². The molecule has 0 radical (unpaired) electrons. The van der Waals surface area contributed by atoms with Crippen LogP contribution in [0, 0.1) is 0 Å². The fourth-order valence-corrected chi connectivity index (χ4v) is 2.49. The number of azo groups is 1. The van der Waals surface area contributed by atoms with Gasteiger partial charge in [-0.25, -0.2) is 9.59 Å². The normalized spacial score (nSPS) is 10.7. The minimum atomic E-state index is -1.23. The lowest BCUT2D eigenvalue weighted by Crippen LogP contribution is -2.21. The molecule has 26 heavy (non-hydrogen) atoms. The van der Waals surface area contributed by atoms with E-state index in [1.165, 1.54) is 25.3 Å². The van der Waals surface area contributed by atoms with Gasteiger partial charge in [0.15, 0.2) is 0 Å². The van der Waals surface area contributed by atoms with Crippen molar-refractivity contribution in [1.82, 2.24) is 0 Å². The summed E-state index contributed by atoms with van der Waals surface area (Å²) >= 11 is 0. The lowest BCUT2D eigenvalue weighted by molar-refractivity contribution is 0.0583. The minimum absolute atomic E-state index is 0.0254. The number of benzene rings is 2. The number of rotatable bonds is 7. The van der Waals surface area contributed by atoms with Gasteiger partial charge in [0.05, 0.1) is 29.6 Å². The molecule has 0 bridgehead atoms. The molecule has 0 saturated carbocycles. The number of hydrogen-bond donors (Lipinski definition) is 1. The van der Waals surface area contributed by atoms with E-state index < -0.39 is 11.9 Å². The molecular weight excluding hydrogens is 334 g/mol. The SMILES string of the molecule is CCN(CC)c1ccc(N=Nc2ccc(C(=O)OC)c(C(=O)O)c2)cc1. The predicted octanol–water partition coefficient (Wildman–Crippen LogP) is 4.43. The standard InChI is InChI=1S/C19H21N3O4/c1-4-22(5-2)15-9-6-13(7-10-15)20-21-14-8-11-16(19(25)26-3)17(12-14)18(23)24/h6-12H,4-5H2,1-3H3,(H,23,24). The van der Waals surface area contributed by atoms with Crippen LogP contribution < -0.4 is 4.90 Å². The zero-order valence-electron chi connectivity index (χ0n) is 15.0. The van der Waals surface area contributed by atoms with Crippen LogP contribution >= 0.6 is 0 Å². The lowest BCUT2D eigenvalue weighted by atomic mass is 10.1. The van der Waals surface area contributed by atoms with Crippen molar-refractivity contribution < 1.29 is 19.4 Å². The van der Waals surface area contributed by atoms with Crippen LogP contribution in [-0.4, -0.2) is 37.2 Å². The summed E-state index contributed by atoms with van der Waals surface area (Å²) < 4.78 is 4.58. The fraction of sp³-hybridized carbons (Fsp3) is 0.263. The van der Waals surface area contributed by atoms with Crippen molar-refractivity contribution in [2.24, 2.45) is 10.2 Å². The third-order valence-corrected chi connectivity index (χ3v) is 3.90. The van der Waals surface area contributed by atoms with Crippen LogP contribution in [0.3, 0.4) is 0 Å². The van der Waals surface area contributed by atoms with E-state index in [2.05, 4.69) is 33.7 Å². The number of esters is 1. The highest BCUT2D eigenvalue weighted by molar-refractivity contribution is 6.03. The minimum Gasteiger partial charge on any atom is -0.478 e. The third-order valence-electron chi connectivity index (χ3n) is 3.90. The fourth-order valence-electron chi connectivity index (χ4n) is 2.49. The van der Waals surface area contributed by atoms with Gasteiger partial charge in [0.25, 0.3) is 0 Å². The number of carbonyl (C=O) groups is 2. The highest BCUT2D eigenvalue weighted by Crippen LogP contribution is 2.24. The maximum absolute atomic E-state index is 11.6. The first-order valence-electron chi connectivity index (χ1n) is 8.22. The number of nitrogens with zero attached hydrogens (tertiary/aromatic N) is 3. The number of ether oxygens (including phenoxy) is 1.